The van der Waals surface area contributed by atoms with Gasteiger partial charge in [0.25, 0.3) is 0 Å². The number of carboxylic acids is 1. The van der Waals surface area contributed by atoms with Gasteiger partial charge in [0, 0.05) is 11.7 Å². The lowest BCUT2D eigenvalue weighted by Gasteiger charge is -2.22. The Bertz CT molecular complexity index is 427. The molecule has 1 aromatic carbocycles. The molecule has 1 atom stereocenters. The summed E-state index contributed by atoms with van der Waals surface area (Å²) >= 11 is 0. The molecule has 106 valence electrons. The fourth-order valence-corrected chi connectivity index (χ4v) is 1.61. The van der Waals surface area contributed by atoms with Crippen LogP contribution in [0.3, 0.4) is 0 Å². The smallest absolute Gasteiger partial charge is 0.416 e. The molecule has 0 fully saturated rings. The molecule has 0 aliphatic heterocycles. The first-order valence-electron chi connectivity index (χ1n) is 5.85. The molecule has 6 heteroatoms. The molecule has 0 saturated carbocycles. The summed E-state index contributed by atoms with van der Waals surface area (Å²) in [5.41, 5.74) is -0.245. The Morgan fingerprint density at radius 3 is 2.16 bits per heavy atom. The number of carboxylic acid groups (broad SMARTS) is 1. The van der Waals surface area contributed by atoms with Gasteiger partial charge in [0.1, 0.15) is 0 Å². The van der Waals surface area contributed by atoms with Gasteiger partial charge in [0.05, 0.1) is 12.0 Å². The van der Waals surface area contributed by atoms with Crippen LogP contribution in [0.2, 0.25) is 0 Å². The first kappa shape index (κ1) is 15.3. The highest BCUT2D eigenvalue weighted by atomic mass is 19.4. The average molecular weight is 275 g/mol. The summed E-state index contributed by atoms with van der Waals surface area (Å²) in [7, 11) is 0. The highest BCUT2D eigenvalue weighted by Gasteiger charge is 2.30. The number of nitrogens with one attached hydrogen (secondary N) is 1. The Kier molecular flexibility index (Phi) is 4.80. The Morgan fingerprint density at radius 1 is 1.26 bits per heavy atom. The summed E-state index contributed by atoms with van der Waals surface area (Å²) in [6.45, 7) is 3.70. The van der Waals surface area contributed by atoms with Crippen LogP contribution in [-0.2, 0) is 11.0 Å². The van der Waals surface area contributed by atoms with Crippen molar-refractivity contribution in [1.82, 2.24) is 0 Å². The van der Waals surface area contributed by atoms with E-state index in [1.54, 1.807) is 0 Å². The third-order valence-corrected chi connectivity index (χ3v) is 2.76. The molecule has 1 rings (SSSR count). The van der Waals surface area contributed by atoms with E-state index in [1.807, 2.05) is 13.8 Å². The molecule has 2 N–H and O–H groups in total. The number of anilines is 1. The summed E-state index contributed by atoms with van der Waals surface area (Å²) in [6.07, 6.45) is -4.45. The Hall–Kier alpha value is -1.72. The van der Waals surface area contributed by atoms with Gasteiger partial charge in [0.2, 0.25) is 0 Å². The van der Waals surface area contributed by atoms with Gasteiger partial charge in [-0.15, -0.1) is 0 Å². The van der Waals surface area contributed by atoms with Crippen LogP contribution >= 0.6 is 0 Å². The number of hydrogen-bond acceptors (Lipinski definition) is 2. The lowest BCUT2D eigenvalue weighted by molar-refractivity contribution is -0.138. The van der Waals surface area contributed by atoms with Gasteiger partial charge in [-0.2, -0.15) is 13.2 Å². The van der Waals surface area contributed by atoms with Crippen molar-refractivity contribution in [3.8, 4) is 0 Å². The third-order valence-electron chi connectivity index (χ3n) is 2.76. The van der Waals surface area contributed by atoms with Crippen molar-refractivity contribution in [2.24, 2.45) is 5.92 Å². The summed E-state index contributed by atoms with van der Waals surface area (Å²) in [5, 5.41) is 11.7. The number of carbonyl (C=O) groups is 1. The molecular formula is C13H16F3NO2. The number of rotatable bonds is 5. The van der Waals surface area contributed by atoms with Gasteiger partial charge in [-0.3, -0.25) is 4.79 Å². The molecule has 19 heavy (non-hydrogen) atoms. The minimum absolute atomic E-state index is 0.0541. The molecule has 0 heterocycles. The zero-order valence-corrected chi connectivity index (χ0v) is 10.7. The van der Waals surface area contributed by atoms with Crippen molar-refractivity contribution in [1.29, 1.82) is 0 Å². The first-order chi connectivity index (χ1) is 8.70. The molecule has 1 aromatic rings. The van der Waals surface area contributed by atoms with E-state index in [2.05, 4.69) is 5.32 Å². The number of benzene rings is 1. The van der Waals surface area contributed by atoms with Crippen molar-refractivity contribution in [3.05, 3.63) is 29.8 Å². The van der Waals surface area contributed by atoms with Gasteiger partial charge in [0.15, 0.2) is 0 Å². The van der Waals surface area contributed by atoms with Crippen molar-refractivity contribution >= 4 is 11.7 Å². The first-order valence-corrected chi connectivity index (χ1v) is 5.85. The van der Waals surface area contributed by atoms with Crippen molar-refractivity contribution in [3.63, 3.8) is 0 Å². The lowest BCUT2D eigenvalue weighted by Crippen LogP contribution is -2.28. The molecule has 1 unspecified atom stereocenters. The quantitative estimate of drug-likeness (QED) is 0.863. The van der Waals surface area contributed by atoms with Crippen molar-refractivity contribution in [2.75, 3.05) is 5.32 Å². The molecule has 0 saturated heterocycles. The van der Waals surface area contributed by atoms with Crippen LogP contribution in [0.4, 0.5) is 18.9 Å². The summed E-state index contributed by atoms with van der Waals surface area (Å²) in [5.74, 6) is -0.892. The van der Waals surface area contributed by atoms with Gasteiger partial charge < -0.3 is 10.4 Å². The van der Waals surface area contributed by atoms with Crippen LogP contribution in [0, 0.1) is 5.92 Å². The minimum Gasteiger partial charge on any atom is -0.481 e. The van der Waals surface area contributed by atoms with E-state index in [0.29, 0.717) is 5.69 Å². The molecule has 0 aliphatic carbocycles. The van der Waals surface area contributed by atoms with E-state index < -0.39 is 17.7 Å². The molecule has 3 nitrogen and oxygen atoms in total. The van der Waals surface area contributed by atoms with E-state index in [9.17, 15) is 18.0 Å². The zero-order chi connectivity index (χ0) is 14.6. The highest BCUT2D eigenvalue weighted by Crippen LogP contribution is 2.30. The van der Waals surface area contributed by atoms with E-state index >= 15 is 0 Å². The predicted octanol–water partition coefficient (Wildman–Crippen LogP) is 3.62. The third kappa shape index (κ3) is 4.81. The fourth-order valence-electron chi connectivity index (χ4n) is 1.61. The molecule has 0 spiro atoms. The maximum atomic E-state index is 12.4. The van der Waals surface area contributed by atoms with Crippen LogP contribution in [-0.4, -0.2) is 17.1 Å². The van der Waals surface area contributed by atoms with Crippen LogP contribution in [0.25, 0.3) is 0 Å². The average Bonchev–Trinajstić information content (AvgIpc) is 2.27. The summed E-state index contributed by atoms with van der Waals surface area (Å²) in [4.78, 5) is 10.7. The number of halogens is 3. The molecule has 0 radical (unpaired) electrons. The van der Waals surface area contributed by atoms with Gasteiger partial charge in [-0.25, -0.2) is 0 Å². The van der Waals surface area contributed by atoms with Crippen molar-refractivity contribution < 1.29 is 23.1 Å². The highest BCUT2D eigenvalue weighted by molar-refractivity contribution is 5.68. The summed E-state index contributed by atoms with van der Waals surface area (Å²) < 4.78 is 37.2. The van der Waals surface area contributed by atoms with E-state index in [4.69, 9.17) is 5.11 Å². The molecule has 0 bridgehead atoms. The standard InChI is InChI=1S/C13H16F3NO2/c1-8(2)11(7-12(18)19)17-10-5-3-9(4-6-10)13(14,15)16/h3-6,8,11,17H,7H2,1-2H3,(H,18,19). The molecule has 0 aliphatic rings. The Balaban J connectivity index is 2.78. The topological polar surface area (TPSA) is 49.3 Å². The second-order valence-electron chi connectivity index (χ2n) is 4.67. The SMILES string of the molecule is CC(C)C(CC(=O)O)Nc1ccc(C(F)(F)F)cc1. The van der Waals surface area contributed by atoms with Crippen LogP contribution in [0.1, 0.15) is 25.8 Å². The predicted molar refractivity (Wildman–Crippen MR) is 65.9 cm³/mol. The Labute approximate surface area is 109 Å². The second-order valence-corrected chi connectivity index (χ2v) is 4.67. The second kappa shape index (κ2) is 5.95. The minimum atomic E-state index is -4.36. The van der Waals surface area contributed by atoms with E-state index in [1.165, 1.54) is 12.1 Å². The van der Waals surface area contributed by atoms with Gasteiger partial charge >= 0.3 is 12.1 Å². The van der Waals surface area contributed by atoms with Gasteiger partial charge in [-0.1, -0.05) is 13.8 Å². The van der Waals surface area contributed by atoms with Crippen LogP contribution < -0.4 is 5.32 Å². The Morgan fingerprint density at radius 2 is 1.79 bits per heavy atom. The number of alkyl halides is 3. The maximum absolute atomic E-state index is 12.4. The largest absolute Gasteiger partial charge is 0.481 e. The monoisotopic (exact) mass is 275 g/mol. The van der Waals surface area contributed by atoms with E-state index in [-0.39, 0.29) is 18.4 Å². The van der Waals surface area contributed by atoms with Gasteiger partial charge in [-0.05, 0) is 30.2 Å². The van der Waals surface area contributed by atoms with Crippen molar-refractivity contribution in [2.45, 2.75) is 32.5 Å². The number of aliphatic carboxylic acids is 1. The lowest BCUT2D eigenvalue weighted by atomic mass is 10.0. The normalized spacial score (nSPS) is 13.4. The van der Waals surface area contributed by atoms with Crippen LogP contribution in [0.5, 0.6) is 0 Å². The van der Waals surface area contributed by atoms with Crippen LogP contribution in [0.15, 0.2) is 24.3 Å². The zero-order valence-electron chi connectivity index (χ0n) is 10.7. The molecule has 0 aromatic heterocycles. The summed E-state index contributed by atoms with van der Waals surface area (Å²) in [6, 6.07) is 4.23. The fraction of sp³-hybridized carbons (Fsp3) is 0.462. The maximum Gasteiger partial charge on any atom is 0.416 e. The number of hydrogen-bond donors (Lipinski definition) is 2. The van der Waals surface area contributed by atoms with E-state index in [0.717, 1.165) is 12.1 Å². The molecular weight excluding hydrogens is 259 g/mol. The molecule has 0 amide bonds.